The lowest BCUT2D eigenvalue weighted by Crippen LogP contribution is -2.36. The molecule has 0 radical (unpaired) electrons. The van der Waals surface area contributed by atoms with E-state index in [9.17, 15) is 4.79 Å². The Kier molecular flexibility index (Phi) is 2.54. The van der Waals surface area contributed by atoms with Gasteiger partial charge in [-0.1, -0.05) is 0 Å². The van der Waals surface area contributed by atoms with Crippen LogP contribution in [0, 0.1) is 11.3 Å². The van der Waals surface area contributed by atoms with Crippen LogP contribution in [0.5, 0.6) is 0 Å². The normalized spacial score (nSPS) is 19.6. The van der Waals surface area contributed by atoms with E-state index in [2.05, 4.69) is 6.07 Å². The van der Waals surface area contributed by atoms with Gasteiger partial charge in [0.05, 0.1) is 6.07 Å². The van der Waals surface area contributed by atoms with E-state index in [-0.39, 0.29) is 12.1 Å². The Bertz CT molecular complexity index is 221. The van der Waals surface area contributed by atoms with Gasteiger partial charge in [0.25, 0.3) is 0 Å². The van der Waals surface area contributed by atoms with Crippen molar-refractivity contribution in [2.75, 3.05) is 19.6 Å². The Labute approximate surface area is 72.4 Å². The van der Waals surface area contributed by atoms with Gasteiger partial charge in [-0.05, 0) is 13.8 Å². The molecule has 1 saturated heterocycles. The number of urea groups is 1. The number of rotatable bonds is 2. The number of hydrogen-bond acceptors (Lipinski definition) is 2. The lowest BCUT2D eigenvalue weighted by Gasteiger charge is -2.18. The molecule has 0 saturated carbocycles. The highest BCUT2D eigenvalue weighted by Gasteiger charge is 2.30. The minimum Gasteiger partial charge on any atom is -0.323 e. The van der Waals surface area contributed by atoms with Crippen LogP contribution in [-0.4, -0.2) is 41.5 Å². The molecule has 1 aliphatic heterocycles. The van der Waals surface area contributed by atoms with Crippen LogP contribution in [0.25, 0.3) is 0 Å². The lowest BCUT2D eigenvalue weighted by atomic mass is 10.3. The van der Waals surface area contributed by atoms with Gasteiger partial charge >= 0.3 is 6.03 Å². The summed E-state index contributed by atoms with van der Waals surface area (Å²) in [7, 11) is 0. The summed E-state index contributed by atoms with van der Waals surface area (Å²) < 4.78 is 0. The van der Waals surface area contributed by atoms with Crippen molar-refractivity contribution >= 4 is 6.03 Å². The van der Waals surface area contributed by atoms with Gasteiger partial charge in [-0.3, -0.25) is 0 Å². The third-order valence-electron chi connectivity index (χ3n) is 2.16. The maximum Gasteiger partial charge on any atom is 0.321 e. The molecule has 1 aliphatic rings. The molecular formula is C8H13N3O. The molecule has 4 nitrogen and oxygen atoms in total. The lowest BCUT2D eigenvalue weighted by molar-refractivity contribution is 0.189. The maximum absolute atomic E-state index is 11.4. The topological polar surface area (TPSA) is 47.3 Å². The molecule has 2 amide bonds. The van der Waals surface area contributed by atoms with Crippen LogP contribution < -0.4 is 0 Å². The van der Waals surface area contributed by atoms with Crippen LogP contribution in [0.4, 0.5) is 4.79 Å². The summed E-state index contributed by atoms with van der Waals surface area (Å²) in [5.41, 5.74) is 0. The molecule has 66 valence electrons. The molecular weight excluding hydrogens is 154 g/mol. The maximum atomic E-state index is 11.4. The number of carbonyl (C=O) groups is 1. The van der Waals surface area contributed by atoms with Gasteiger partial charge in [-0.2, -0.15) is 5.26 Å². The Morgan fingerprint density at radius 1 is 1.67 bits per heavy atom. The SMILES string of the molecule is CCN1CCN(C(C)C#N)C1=O. The van der Waals surface area contributed by atoms with Crippen molar-refractivity contribution in [3.63, 3.8) is 0 Å². The third kappa shape index (κ3) is 1.35. The summed E-state index contributed by atoms with van der Waals surface area (Å²) in [6.07, 6.45) is 0. The van der Waals surface area contributed by atoms with E-state index in [0.29, 0.717) is 6.54 Å². The standard InChI is InChI=1S/C8H13N3O/c1-3-10-4-5-11(8(10)12)7(2)6-9/h7H,3-5H2,1-2H3. The fraction of sp³-hybridized carbons (Fsp3) is 0.750. The summed E-state index contributed by atoms with van der Waals surface area (Å²) in [5, 5.41) is 8.61. The number of carbonyl (C=O) groups excluding carboxylic acids is 1. The minimum absolute atomic E-state index is 0.00782. The van der Waals surface area contributed by atoms with Gasteiger partial charge in [0.15, 0.2) is 0 Å². The summed E-state index contributed by atoms with van der Waals surface area (Å²) in [6, 6.07) is 1.76. The number of hydrogen-bond donors (Lipinski definition) is 0. The average molecular weight is 167 g/mol. The highest BCUT2D eigenvalue weighted by molar-refractivity contribution is 5.77. The van der Waals surface area contributed by atoms with E-state index in [4.69, 9.17) is 5.26 Å². The summed E-state index contributed by atoms with van der Waals surface area (Å²) in [4.78, 5) is 14.8. The van der Waals surface area contributed by atoms with E-state index < -0.39 is 0 Å². The Morgan fingerprint density at radius 3 is 2.75 bits per heavy atom. The van der Waals surface area contributed by atoms with E-state index in [0.717, 1.165) is 13.1 Å². The molecule has 0 aromatic heterocycles. The molecule has 12 heavy (non-hydrogen) atoms. The molecule has 0 aromatic rings. The van der Waals surface area contributed by atoms with Crippen LogP contribution in [0.3, 0.4) is 0 Å². The molecule has 0 aliphatic carbocycles. The molecule has 1 heterocycles. The predicted octanol–water partition coefficient (Wildman–Crippen LogP) is 0.656. The fourth-order valence-corrected chi connectivity index (χ4v) is 1.32. The number of likely N-dealkylation sites (N-methyl/N-ethyl adjacent to an activating group) is 1. The summed E-state index contributed by atoms with van der Waals surface area (Å²) >= 11 is 0. The van der Waals surface area contributed by atoms with Crippen LogP contribution in [-0.2, 0) is 0 Å². The van der Waals surface area contributed by atoms with Gasteiger partial charge in [-0.15, -0.1) is 0 Å². The second-order valence-electron chi connectivity index (χ2n) is 2.86. The number of nitriles is 1. The molecule has 0 bridgehead atoms. The van der Waals surface area contributed by atoms with Crippen LogP contribution >= 0.6 is 0 Å². The van der Waals surface area contributed by atoms with E-state index in [1.165, 1.54) is 0 Å². The second-order valence-corrected chi connectivity index (χ2v) is 2.86. The molecule has 1 atom stereocenters. The van der Waals surface area contributed by atoms with Crippen LogP contribution in [0.2, 0.25) is 0 Å². The van der Waals surface area contributed by atoms with Gasteiger partial charge in [0.2, 0.25) is 0 Å². The van der Waals surface area contributed by atoms with Gasteiger partial charge in [0, 0.05) is 19.6 Å². The molecule has 4 heteroatoms. The van der Waals surface area contributed by atoms with Crippen molar-refractivity contribution in [2.24, 2.45) is 0 Å². The molecule has 1 fully saturated rings. The van der Waals surface area contributed by atoms with Crippen molar-refractivity contribution in [1.29, 1.82) is 5.26 Å². The van der Waals surface area contributed by atoms with Gasteiger partial charge < -0.3 is 9.80 Å². The molecule has 1 rings (SSSR count). The second kappa shape index (κ2) is 3.44. The van der Waals surface area contributed by atoms with Gasteiger partial charge in [0.1, 0.15) is 6.04 Å². The monoisotopic (exact) mass is 167 g/mol. The first-order chi connectivity index (χ1) is 5.70. The van der Waals surface area contributed by atoms with E-state index >= 15 is 0 Å². The van der Waals surface area contributed by atoms with Crippen molar-refractivity contribution in [1.82, 2.24) is 9.80 Å². The molecule has 0 aromatic carbocycles. The van der Waals surface area contributed by atoms with Crippen molar-refractivity contribution in [3.05, 3.63) is 0 Å². The Balaban J connectivity index is 2.62. The van der Waals surface area contributed by atoms with Crippen LogP contribution in [0.1, 0.15) is 13.8 Å². The van der Waals surface area contributed by atoms with E-state index in [1.807, 2.05) is 6.92 Å². The molecule has 0 N–H and O–H groups in total. The zero-order valence-corrected chi connectivity index (χ0v) is 7.45. The summed E-state index contributed by atoms with van der Waals surface area (Å²) in [5.74, 6) is 0. The smallest absolute Gasteiger partial charge is 0.321 e. The zero-order chi connectivity index (χ0) is 9.14. The first kappa shape index (κ1) is 8.85. The van der Waals surface area contributed by atoms with Crippen LogP contribution in [0.15, 0.2) is 0 Å². The average Bonchev–Trinajstić information content (AvgIpc) is 2.45. The first-order valence-electron chi connectivity index (χ1n) is 4.15. The Morgan fingerprint density at radius 2 is 2.33 bits per heavy atom. The third-order valence-corrected chi connectivity index (χ3v) is 2.16. The highest BCUT2D eigenvalue weighted by Crippen LogP contribution is 2.10. The van der Waals surface area contributed by atoms with Crippen molar-refractivity contribution < 1.29 is 4.79 Å². The predicted molar refractivity (Wildman–Crippen MR) is 44.4 cm³/mol. The highest BCUT2D eigenvalue weighted by atomic mass is 16.2. The zero-order valence-electron chi connectivity index (χ0n) is 7.45. The Hall–Kier alpha value is -1.24. The van der Waals surface area contributed by atoms with E-state index in [1.54, 1.807) is 16.7 Å². The van der Waals surface area contributed by atoms with Crippen molar-refractivity contribution in [3.8, 4) is 6.07 Å². The summed E-state index contributed by atoms with van der Waals surface area (Å²) in [6.45, 7) is 5.85. The minimum atomic E-state index is -0.297. The molecule has 0 spiro atoms. The van der Waals surface area contributed by atoms with Gasteiger partial charge in [-0.25, -0.2) is 4.79 Å². The first-order valence-corrected chi connectivity index (χ1v) is 4.15. The number of nitrogens with zero attached hydrogens (tertiary/aromatic N) is 3. The van der Waals surface area contributed by atoms with Crippen molar-refractivity contribution in [2.45, 2.75) is 19.9 Å². The fourth-order valence-electron chi connectivity index (χ4n) is 1.32. The quantitative estimate of drug-likeness (QED) is 0.606. The number of amides is 2. The molecule has 1 unspecified atom stereocenters. The largest absolute Gasteiger partial charge is 0.323 e.